The third kappa shape index (κ3) is 8.22. The standard InChI is InChI=1S/C33H54N2O2/c1-21(35-20-23-15-25(31(5,6)7)17-27(29(23)37)33(11,12)13)18-34-19-22-14-24(30(2,3)4)16-26(28(22)36)32(8,9)10/h14-17,21,34-37H,18-20H2,1-13H3. The molecule has 0 aliphatic carbocycles. The largest absolute Gasteiger partial charge is 0.507 e. The topological polar surface area (TPSA) is 64.5 Å². The molecule has 2 aromatic carbocycles. The Morgan fingerprint density at radius 1 is 0.595 bits per heavy atom. The fourth-order valence-corrected chi connectivity index (χ4v) is 4.45. The second-order valence-electron chi connectivity index (χ2n) is 15.0. The van der Waals surface area contributed by atoms with Crippen LogP contribution in [0.3, 0.4) is 0 Å². The molecular weight excluding hydrogens is 456 g/mol. The molecule has 0 spiro atoms. The number of aromatic hydroxyl groups is 2. The molecule has 2 rings (SSSR count). The molecule has 4 nitrogen and oxygen atoms in total. The van der Waals surface area contributed by atoms with Crippen molar-refractivity contribution in [2.75, 3.05) is 6.54 Å². The van der Waals surface area contributed by atoms with E-state index in [2.05, 4.69) is 125 Å². The Morgan fingerprint density at radius 3 is 1.32 bits per heavy atom. The van der Waals surface area contributed by atoms with E-state index in [-0.39, 0.29) is 27.7 Å². The molecule has 0 amide bonds. The molecule has 0 fully saturated rings. The normalized spacial score (nSPS) is 14.2. The number of nitrogens with one attached hydrogen (secondary N) is 2. The van der Waals surface area contributed by atoms with E-state index in [1.165, 1.54) is 11.1 Å². The summed E-state index contributed by atoms with van der Waals surface area (Å²) in [6, 6.07) is 8.79. The number of phenolic OH excluding ortho intramolecular Hbond substituents is 2. The quantitative estimate of drug-likeness (QED) is 0.310. The maximum absolute atomic E-state index is 11.1. The Kier molecular flexibility index (Phi) is 9.25. The summed E-state index contributed by atoms with van der Waals surface area (Å²) in [5, 5.41) is 29.3. The molecule has 0 heterocycles. The van der Waals surface area contributed by atoms with Gasteiger partial charge in [0.05, 0.1) is 0 Å². The van der Waals surface area contributed by atoms with Crippen molar-refractivity contribution in [1.82, 2.24) is 10.6 Å². The number of hydrogen-bond donors (Lipinski definition) is 4. The molecule has 0 aliphatic rings. The molecule has 0 aliphatic heterocycles. The summed E-state index contributed by atoms with van der Waals surface area (Å²) in [7, 11) is 0. The molecular formula is C33H54N2O2. The van der Waals surface area contributed by atoms with E-state index in [0.29, 0.717) is 24.6 Å². The van der Waals surface area contributed by atoms with Crippen molar-refractivity contribution in [2.45, 2.75) is 131 Å². The van der Waals surface area contributed by atoms with Crippen molar-refractivity contribution >= 4 is 0 Å². The van der Waals surface area contributed by atoms with Gasteiger partial charge in [-0.15, -0.1) is 0 Å². The average molecular weight is 511 g/mol. The number of benzene rings is 2. The van der Waals surface area contributed by atoms with Gasteiger partial charge in [0.1, 0.15) is 11.5 Å². The van der Waals surface area contributed by atoms with Gasteiger partial charge < -0.3 is 20.8 Å². The van der Waals surface area contributed by atoms with Gasteiger partial charge in [-0.2, -0.15) is 0 Å². The van der Waals surface area contributed by atoms with Gasteiger partial charge in [0.25, 0.3) is 0 Å². The zero-order valence-corrected chi connectivity index (χ0v) is 25.9. The van der Waals surface area contributed by atoms with Crippen molar-refractivity contribution in [1.29, 1.82) is 0 Å². The Hall–Kier alpha value is -2.04. The SMILES string of the molecule is CC(CNCc1cc(C(C)(C)C)cc(C(C)(C)C)c1O)NCc1cc(C(C)(C)C)cc(C(C)(C)C)c1O. The van der Waals surface area contributed by atoms with Crippen LogP contribution in [0, 0.1) is 0 Å². The number of phenols is 2. The molecule has 0 saturated carbocycles. The minimum atomic E-state index is -0.136. The van der Waals surface area contributed by atoms with E-state index >= 15 is 0 Å². The van der Waals surface area contributed by atoms with Crippen molar-refractivity contribution in [2.24, 2.45) is 0 Å². The molecule has 0 saturated heterocycles. The predicted molar refractivity (Wildman–Crippen MR) is 159 cm³/mol. The lowest BCUT2D eigenvalue weighted by Gasteiger charge is -2.28. The van der Waals surface area contributed by atoms with Gasteiger partial charge in [0.15, 0.2) is 0 Å². The summed E-state index contributed by atoms with van der Waals surface area (Å²) in [4.78, 5) is 0. The highest BCUT2D eigenvalue weighted by atomic mass is 16.3. The maximum atomic E-state index is 11.1. The van der Waals surface area contributed by atoms with E-state index in [9.17, 15) is 10.2 Å². The number of rotatable bonds is 7. The van der Waals surface area contributed by atoms with E-state index in [1.54, 1.807) is 0 Å². The van der Waals surface area contributed by atoms with Gasteiger partial charge in [-0.1, -0.05) is 107 Å². The molecule has 1 unspecified atom stereocenters. The lowest BCUT2D eigenvalue weighted by molar-refractivity contribution is 0.425. The Labute approximate surface area is 227 Å². The summed E-state index contributed by atoms with van der Waals surface area (Å²) in [5.74, 6) is 0.791. The van der Waals surface area contributed by atoms with E-state index in [4.69, 9.17) is 0 Å². The Bertz CT molecular complexity index is 1070. The third-order valence-corrected chi connectivity index (χ3v) is 7.13. The van der Waals surface area contributed by atoms with Crippen LogP contribution in [0.1, 0.15) is 123 Å². The van der Waals surface area contributed by atoms with Gasteiger partial charge in [-0.25, -0.2) is 0 Å². The van der Waals surface area contributed by atoms with Crippen LogP contribution in [0.25, 0.3) is 0 Å². The fraction of sp³-hybridized carbons (Fsp3) is 0.636. The highest BCUT2D eigenvalue weighted by molar-refractivity contribution is 5.49. The van der Waals surface area contributed by atoms with Crippen LogP contribution in [-0.4, -0.2) is 22.8 Å². The van der Waals surface area contributed by atoms with Crippen LogP contribution in [0.5, 0.6) is 11.5 Å². The van der Waals surface area contributed by atoms with E-state index in [0.717, 1.165) is 28.8 Å². The van der Waals surface area contributed by atoms with Gasteiger partial charge >= 0.3 is 0 Å². The molecule has 2 aromatic rings. The molecule has 0 bridgehead atoms. The Balaban J connectivity index is 2.15. The summed E-state index contributed by atoms with van der Waals surface area (Å²) >= 11 is 0. The molecule has 1 atom stereocenters. The van der Waals surface area contributed by atoms with Crippen LogP contribution in [0.15, 0.2) is 24.3 Å². The maximum Gasteiger partial charge on any atom is 0.123 e. The highest BCUT2D eigenvalue weighted by Crippen LogP contribution is 2.39. The van der Waals surface area contributed by atoms with Crippen LogP contribution in [0.4, 0.5) is 0 Å². The van der Waals surface area contributed by atoms with Crippen molar-refractivity contribution in [3.63, 3.8) is 0 Å². The molecule has 0 aromatic heterocycles. The first-order valence-corrected chi connectivity index (χ1v) is 13.8. The first kappa shape index (κ1) is 31.2. The average Bonchev–Trinajstić information content (AvgIpc) is 2.70. The van der Waals surface area contributed by atoms with Crippen molar-refractivity contribution in [3.8, 4) is 11.5 Å². The summed E-state index contributed by atoms with van der Waals surface area (Å²) in [6.07, 6.45) is 0. The van der Waals surface area contributed by atoms with Gasteiger partial charge in [0.2, 0.25) is 0 Å². The van der Waals surface area contributed by atoms with Crippen LogP contribution in [-0.2, 0) is 34.7 Å². The third-order valence-electron chi connectivity index (χ3n) is 7.13. The molecule has 208 valence electrons. The first-order chi connectivity index (χ1) is 16.6. The first-order valence-electron chi connectivity index (χ1n) is 13.8. The minimum absolute atomic E-state index is 0.00508. The molecule has 4 heteroatoms. The minimum Gasteiger partial charge on any atom is -0.507 e. The molecule has 0 radical (unpaired) electrons. The highest BCUT2D eigenvalue weighted by Gasteiger charge is 2.26. The van der Waals surface area contributed by atoms with E-state index < -0.39 is 0 Å². The molecule has 4 N–H and O–H groups in total. The zero-order chi connectivity index (χ0) is 28.6. The van der Waals surface area contributed by atoms with Gasteiger partial charge in [-0.05, 0) is 50.8 Å². The van der Waals surface area contributed by atoms with Crippen LogP contribution in [0.2, 0.25) is 0 Å². The lowest BCUT2D eigenvalue weighted by Crippen LogP contribution is -2.36. The van der Waals surface area contributed by atoms with Crippen LogP contribution >= 0.6 is 0 Å². The number of hydrogen-bond acceptors (Lipinski definition) is 4. The fourth-order valence-electron chi connectivity index (χ4n) is 4.45. The smallest absolute Gasteiger partial charge is 0.123 e. The summed E-state index contributed by atoms with van der Waals surface area (Å²) in [5.41, 5.74) is 6.08. The summed E-state index contributed by atoms with van der Waals surface area (Å²) < 4.78 is 0. The lowest BCUT2D eigenvalue weighted by atomic mass is 9.79. The second kappa shape index (κ2) is 11.0. The van der Waals surface area contributed by atoms with Crippen molar-refractivity contribution < 1.29 is 10.2 Å². The van der Waals surface area contributed by atoms with Crippen molar-refractivity contribution in [3.05, 3.63) is 57.6 Å². The summed E-state index contributed by atoms with van der Waals surface area (Å²) in [6.45, 7) is 30.2. The predicted octanol–water partition coefficient (Wildman–Crippen LogP) is 7.56. The van der Waals surface area contributed by atoms with E-state index in [1.807, 2.05) is 0 Å². The van der Waals surface area contributed by atoms with Crippen LogP contribution < -0.4 is 10.6 Å². The van der Waals surface area contributed by atoms with Gasteiger partial charge in [0, 0.05) is 36.8 Å². The second-order valence-corrected chi connectivity index (χ2v) is 15.0. The molecule has 37 heavy (non-hydrogen) atoms. The van der Waals surface area contributed by atoms with Gasteiger partial charge in [-0.3, -0.25) is 0 Å². The monoisotopic (exact) mass is 510 g/mol. The zero-order valence-electron chi connectivity index (χ0n) is 25.9. The Morgan fingerprint density at radius 2 is 0.973 bits per heavy atom.